The van der Waals surface area contributed by atoms with Crippen LogP contribution >= 0.6 is 0 Å². The molecule has 1 unspecified atom stereocenters. The van der Waals surface area contributed by atoms with E-state index in [2.05, 4.69) is 20.8 Å². The lowest BCUT2D eigenvalue weighted by Gasteiger charge is -2.35. The Hall–Kier alpha value is -1.38. The van der Waals surface area contributed by atoms with Crippen LogP contribution in [-0.2, 0) is 4.74 Å². The molecule has 0 saturated heterocycles. The number of ether oxygens (including phenoxy) is 1. The highest BCUT2D eigenvalue weighted by atomic mass is 16.5. The highest BCUT2D eigenvalue weighted by Gasteiger charge is 2.34. The fourth-order valence-corrected chi connectivity index (χ4v) is 2.60. The minimum atomic E-state index is -0.0399. The van der Waals surface area contributed by atoms with E-state index in [4.69, 9.17) is 15.1 Å². The molecule has 0 aromatic rings. The van der Waals surface area contributed by atoms with Gasteiger partial charge in [-0.05, 0) is 44.8 Å². The second-order valence-electron chi connectivity index (χ2n) is 5.37. The Morgan fingerprint density at radius 3 is 2.58 bits per heavy atom. The van der Waals surface area contributed by atoms with Crippen molar-refractivity contribution in [1.82, 2.24) is 0 Å². The average Bonchev–Trinajstić information content (AvgIpc) is 2.33. The molecule has 2 aliphatic rings. The van der Waals surface area contributed by atoms with Crippen molar-refractivity contribution >= 4 is 11.4 Å². The van der Waals surface area contributed by atoms with Crippen molar-refractivity contribution in [3.63, 3.8) is 0 Å². The lowest BCUT2D eigenvalue weighted by Crippen LogP contribution is -2.34. The minimum absolute atomic E-state index is 0.0399. The van der Waals surface area contributed by atoms with E-state index >= 15 is 0 Å². The molecule has 0 bridgehead atoms. The predicted molar refractivity (Wildman–Crippen MR) is 82.2 cm³/mol. The molecule has 0 amide bonds. The molecule has 1 aliphatic heterocycles. The normalized spacial score (nSPS) is 24.2. The second-order valence-corrected chi connectivity index (χ2v) is 5.37. The van der Waals surface area contributed by atoms with Gasteiger partial charge in [-0.3, -0.25) is 4.99 Å². The average molecular weight is 262 g/mol. The highest BCUT2D eigenvalue weighted by molar-refractivity contribution is 6.23. The van der Waals surface area contributed by atoms with Gasteiger partial charge in [0.25, 0.3) is 0 Å². The topological polar surface area (TPSA) is 45.4 Å². The Morgan fingerprint density at radius 2 is 2.00 bits per heavy atom. The van der Waals surface area contributed by atoms with E-state index in [-0.39, 0.29) is 5.54 Å². The summed E-state index contributed by atoms with van der Waals surface area (Å²) in [5.41, 5.74) is 2.57. The molecule has 1 aliphatic carbocycles. The number of fused-ring (bicyclic) bond motifs is 1. The molecule has 0 spiro atoms. The van der Waals surface area contributed by atoms with Crippen LogP contribution in [0.25, 0.3) is 0 Å². The number of rotatable bonds is 2. The van der Waals surface area contributed by atoms with Gasteiger partial charge < -0.3 is 10.1 Å². The first-order valence-corrected chi connectivity index (χ1v) is 7.18. The molecule has 0 fully saturated rings. The zero-order valence-corrected chi connectivity index (χ0v) is 13.0. The Kier molecular flexibility index (Phi) is 5.10. The predicted octanol–water partition coefficient (Wildman–Crippen LogP) is 4.15. The molecule has 1 heterocycles. The van der Waals surface area contributed by atoms with E-state index < -0.39 is 0 Å². The fraction of sp³-hybridized carbons (Fsp3) is 0.625. The van der Waals surface area contributed by atoms with Crippen LogP contribution in [-0.4, -0.2) is 23.6 Å². The summed E-state index contributed by atoms with van der Waals surface area (Å²) >= 11 is 0. The van der Waals surface area contributed by atoms with Gasteiger partial charge in [-0.1, -0.05) is 20.8 Å². The van der Waals surface area contributed by atoms with Gasteiger partial charge in [0.1, 0.15) is 11.5 Å². The van der Waals surface area contributed by atoms with Gasteiger partial charge in [-0.2, -0.15) is 0 Å². The Bertz CT molecular complexity index is 442. The summed E-state index contributed by atoms with van der Waals surface area (Å²) in [6.45, 7) is 13.1. The van der Waals surface area contributed by atoms with Crippen molar-refractivity contribution in [1.29, 1.82) is 5.41 Å². The summed E-state index contributed by atoms with van der Waals surface area (Å²) < 4.78 is 5.61. The first-order chi connectivity index (χ1) is 8.93. The third kappa shape index (κ3) is 3.55. The summed E-state index contributed by atoms with van der Waals surface area (Å²) in [4.78, 5) is 4.78. The maximum atomic E-state index is 7.82. The Balaban J connectivity index is 0.000000861. The summed E-state index contributed by atoms with van der Waals surface area (Å²) in [6.07, 6.45) is 4.70. The Morgan fingerprint density at radius 1 is 1.37 bits per heavy atom. The molecule has 3 heteroatoms. The summed E-state index contributed by atoms with van der Waals surface area (Å²) in [6, 6.07) is 0. The third-order valence-electron chi connectivity index (χ3n) is 3.16. The van der Waals surface area contributed by atoms with Crippen LogP contribution in [0.15, 0.2) is 28.5 Å². The molecular formula is C16H26N2O. The maximum Gasteiger partial charge on any atom is 0.146 e. The van der Waals surface area contributed by atoms with Crippen molar-refractivity contribution in [2.24, 2.45) is 10.9 Å². The van der Waals surface area contributed by atoms with Gasteiger partial charge in [0, 0.05) is 6.08 Å². The molecule has 19 heavy (non-hydrogen) atoms. The lowest BCUT2D eigenvalue weighted by atomic mass is 9.79. The Labute approximate surface area is 117 Å². The van der Waals surface area contributed by atoms with Crippen molar-refractivity contribution in [3.8, 4) is 0 Å². The lowest BCUT2D eigenvalue weighted by molar-refractivity contribution is 0.247. The molecule has 0 saturated carbocycles. The summed E-state index contributed by atoms with van der Waals surface area (Å²) in [7, 11) is 0. The van der Waals surface area contributed by atoms with Crippen LogP contribution in [0, 0.1) is 11.3 Å². The zero-order valence-electron chi connectivity index (χ0n) is 13.0. The number of hydrogen-bond donors (Lipinski definition) is 1. The molecule has 3 nitrogen and oxygen atoms in total. The number of aliphatic imine (C=N–C) groups is 1. The molecule has 0 radical (unpaired) electrons. The number of allylic oxidation sites excluding steroid dienone is 3. The van der Waals surface area contributed by atoms with Gasteiger partial charge in [-0.15, -0.1) is 0 Å². The molecule has 0 aromatic heterocycles. The zero-order chi connectivity index (χ0) is 14.6. The van der Waals surface area contributed by atoms with Crippen molar-refractivity contribution in [3.05, 3.63) is 23.5 Å². The van der Waals surface area contributed by atoms with Crippen LogP contribution in [0.1, 0.15) is 48.0 Å². The second kappa shape index (κ2) is 6.18. The number of nitrogens with zero attached hydrogens (tertiary/aromatic N) is 1. The third-order valence-corrected chi connectivity index (χ3v) is 3.16. The standard InChI is InChI=1S/C14H20N2O.C2H6/c1-5-17-12-7-10(15)6-11-9(2)8-14(3,4)16-13(11)12;1-2/h6-7,9,15H,5,8H2,1-4H3;1-2H3. The summed E-state index contributed by atoms with van der Waals surface area (Å²) in [5.74, 6) is 1.19. The highest BCUT2D eigenvalue weighted by Crippen LogP contribution is 2.35. The van der Waals surface area contributed by atoms with Gasteiger partial charge in [0.15, 0.2) is 0 Å². The SMILES string of the molecule is CC.CCOC1=CC(=N)C=C2C1=NC(C)(C)CC2C. The van der Waals surface area contributed by atoms with E-state index in [9.17, 15) is 0 Å². The first-order valence-electron chi connectivity index (χ1n) is 7.18. The number of hydrogen-bond acceptors (Lipinski definition) is 3. The van der Waals surface area contributed by atoms with Crippen molar-refractivity contribution in [2.75, 3.05) is 6.61 Å². The van der Waals surface area contributed by atoms with Gasteiger partial charge >= 0.3 is 0 Å². The monoisotopic (exact) mass is 262 g/mol. The van der Waals surface area contributed by atoms with Crippen LogP contribution in [0.5, 0.6) is 0 Å². The molecular weight excluding hydrogens is 236 g/mol. The molecule has 1 atom stereocenters. The largest absolute Gasteiger partial charge is 0.492 e. The molecule has 1 N–H and O–H groups in total. The minimum Gasteiger partial charge on any atom is -0.492 e. The van der Waals surface area contributed by atoms with Crippen LogP contribution in [0.2, 0.25) is 0 Å². The smallest absolute Gasteiger partial charge is 0.146 e. The van der Waals surface area contributed by atoms with Gasteiger partial charge in [0.2, 0.25) is 0 Å². The van der Waals surface area contributed by atoms with E-state index in [0.29, 0.717) is 18.2 Å². The van der Waals surface area contributed by atoms with Crippen LogP contribution in [0.3, 0.4) is 0 Å². The van der Waals surface area contributed by atoms with Gasteiger partial charge in [0.05, 0.1) is 17.9 Å². The van der Waals surface area contributed by atoms with Crippen LogP contribution in [0.4, 0.5) is 0 Å². The molecule has 2 rings (SSSR count). The van der Waals surface area contributed by atoms with E-state index in [1.165, 1.54) is 0 Å². The fourth-order valence-electron chi connectivity index (χ4n) is 2.60. The van der Waals surface area contributed by atoms with Gasteiger partial charge in [-0.25, -0.2) is 0 Å². The van der Waals surface area contributed by atoms with E-state index in [0.717, 1.165) is 23.5 Å². The quantitative estimate of drug-likeness (QED) is 0.746. The van der Waals surface area contributed by atoms with Crippen molar-refractivity contribution < 1.29 is 4.74 Å². The first kappa shape index (κ1) is 15.7. The van der Waals surface area contributed by atoms with E-state index in [1.807, 2.05) is 26.8 Å². The number of nitrogens with one attached hydrogen (secondary N) is 1. The van der Waals surface area contributed by atoms with Crippen molar-refractivity contribution in [2.45, 2.75) is 53.5 Å². The van der Waals surface area contributed by atoms with E-state index in [1.54, 1.807) is 6.08 Å². The van der Waals surface area contributed by atoms with Crippen LogP contribution < -0.4 is 0 Å². The maximum absolute atomic E-state index is 7.82. The molecule has 106 valence electrons. The molecule has 0 aromatic carbocycles. The summed E-state index contributed by atoms with van der Waals surface area (Å²) in [5, 5.41) is 7.82.